The van der Waals surface area contributed by atoms with Crippen molar-refractivity contribution in [2.45, 2.75) is 58.1 Å². The molecule has 0 aliphatic carbocycles. The van der Waals surface area contributed by atoms with E-state index in [2.05, 4.69) is 41.3 Å². The second-order valence-electron chi connectivity index (χ2n) is 8.07. The van der Waals surface area contributed by atoms with Crippen LogP contribution in [0.4, 0.5) is 0 Å². The van der Waals surface area contributed by atoms with Crippen molar-refractivity contribution in [1.29, 1.82) is 0 Å². The SMILES string of the molecule is CN=C(NCCCOC1CCOC1)NCC(C)(C)N1CCCC(C)C1.I. The van der Waals surface area contributed by atoms with Gasteiger partial charge >= 0.3 is 0 Å². The third-order valence-electron chi connectivity index (χ3n) is 5.28. The van der Waals surface area contributed by atoms with Gasteiger partial charge in [0.15, 0.2) is 5.96 Å². The third-order valence-corrected chi connectivity index (χ3v) is 5.28. The molecule has 0 amide bonds. The molecule has 6 nitrogen and oxygen atoms in total. The summed E-state index contributed by atoms with van der Waals surface area (Å²) in [5.41, 5.74) is 0.137. The van der Waals surface area contributed by atoms with Crippen molar-refractivity contribution in [3.8, 4) is 0 Å². The van der Waals surface area contributed by atoms with E-state index in [9.17, 15) is 0 Å². The Morgan fingerprint density at radius 2 is 2.12 bits per heavy atom. The van der Waals surface area contributed by atoms with E-state index < -0.39 is 0 Å². The minimum atomic E-state index is 0. The Balaban J connectivity index is 0.00000338. The largest absolute Gasteiger partial charge is 0.379 e. The summed E-state index contributed by atoms with van der Waals surface area (Å²) < 4.78 is 11.1. The lowest BCUT2D eigenvalue weighted by Crippen LogP contribution is -2.56. The maximum atomic E-state index is 5.79. The Morgan fingerprint density at radius 3 is 2.77 bits per heavy atom. The maximum Gasteiger partial charge on any atom is 0.191 e. The van der Waals surface area contributed by atoms with Crippen molar-refractivity contribution in [3.05, 3.63) is 0 Å². The fourth-order valence-electron chi connectivity index (χ4n) is 3.54. The number of likely N-dealkylation sites (tertiary alicyclic amines) is 1. The van der Waals surface area contributed by atoms with Gasteiger partial charge in [-0.25, -0.2) is 0 Å². The van der Waals surface area contributed by atoms with Crippen LogP contribution in [0.3, 0.4) is 0 Å². The van der Waals surface area contributed by atoms with Crippen molar-refractivity contribution < 1.29 is 9.47 Å². The van der Waals surface area contributed by atoms with E-state index in [1.54, 1.807) is 0 Å². The van der Waals surface area contributed by atoms with E-state index in [-0.39, 0.29) is 29.5 Å². The van der Waals surface area contributed by atoms with Crippen LogP contribution in [0, 0.1) is 5.92 Å². The maximum absolute atomic E-state index is 5.79. The molecule has 7 heteroatoms. The van der Waals surface area contributed by atoms with Gasteiger partial charge in [0, 0.05) is 45.4 Å². The van der Waals surface area contributed by atoms with E-state index in [1.165, 1.54) is 25.9 Å². The number of hydrogen-bond donors (Lipinski definition) is 2. The van der Waals surface area contributed by atoms with Crippen LogP contribution < -0.4 is 10.6 Å². The lowest BCUT2D eigenvalue weighted by Gasteiger charge is -2.43. The van der Waals surface area contributed by atoms with E-state index in [0.717, 1.165) is 57.6 Å². The van der Waals surface area contributed by atoms with Crippen LogP contribution in [-0.2, 0) is 9.47 Å². The second kappa shape index (κ2) is 12.4. The Labute approximate surface area is 176 Å². The van der Waals surface area contributed by atoms with Gasteiger partial charge in [0.25, 0.3) is 0 Å². The minimum Gasteiger partial charge on any atom is -0.379 e. The Bertz CT molecular complexity index is 414. The van der Waals surface area contributed by atoms with Crippen molar-refractivity contribution in [2.24, 2.45) is 10.9 Å². The van der Waals surface area contributed by atoms with E-state index >= 15 is 0 Å². The number of halogens is 1. The molecule has 2 aliphatic heterocycles. The molecule has 0 spiro atoms. The average molecular weight is 482 g/mol. The zero-order chi connectivity index (χ0) is 18.1. The third kappa shape index (κ3) is 8.27. The summed E-state index contributed by atoms with van der Waals surface area (Å²) in [5, 5.41) is 6.88. The number of nitrogens with one attached hydrogen (secondary N) is 2. The van der Waals surface area contributed by atoms with Gasteiger partial charge in [0.05, 0.1) is 12.7 Å². The molecule has 154 valence electrons. The molecule has 2 saturated heterocycles. The average Bonchev–Trinajstić information content (AvgIpc) is 3.10. The van der Waals surface area contributed by atoms with Gasteiger partial charge in [-0.15, -0.1) is 24.0 Å². The van der Waals surface area contributed by atoms with Crippen LogP contribution in [-0.4, -0.2) is 75.5 Å². The van der Waals surface area contributed by atoms with Crippen LogP contribution in [0.25, 0.3) is 0 Å². The van der Waals surface area contributed by atoms with Crippen LogP contribution in [0.2, 0.25) is 0 Å². The molecule has 0 aromatic rings. The highest BCUT2D eigenvalue weighted by molar-refractivity contribution is 14.0. The molecule has 0 bridgehead atoms. The summed E-state index contributed by atoms with van der Waals surface area (Å²) in [7, 11) is 1.83. The molecule has 2 aliphatic rings. The predicted octanol–water partition coefficient (Wildman–Crippen LogP) is 2.48. The molecule has 2 rings (SSSR count). The standard InChI is InChI=1S/C19H38N4O2.HI/c1-16-7-5-10-23(13-16)19(2,3)15-22-18(20-4)21-9-6-11-25-17-8-12-24-14-17;/h16-17H,5-15H2,1-4H3,(H2,20,21,22);1H. The monoisotopic (exact) mass is 482 g/mol. The quantitative estimate of drug-likeness (QED) is 0.241. The summed E-state index contributed by atoms with van der Waals surface area (Å²) in [5.74, 6) is 1.68. The molecule has 2 unspecified atom stereocenters. The first kappa shape index (κ1) is 23.9. The predicted molar refractivity (Wildman–Crippen MR) is 119 cm³/mol. The molecule has 0 radical (unpaired) electrons. The number of hydrogen-bond acceptors (Lipinski definition) is 4. The molecule has 0 saturated carbocycles. The fourth-order valence-corrected chi connectivity index (χ4v) is 3.54. The summed E-state index contributed by atoms with van der Waals surface area (Å²) in [6.45, 7) is 13.5. The Kier molecular flexibility index (Phi) is 11.4. The number of aliphatic imine (C=N–C) groups is 1. The highest BCUT2D eigenvalue weighted by atomic mass is 127. The van der Waals surface area contributed by atoms with Gasteiger partial charge in [-0.3, -0.25) is 9.89 Å². The van der Waals surface area contributed by atoms with Crippen molar-refractivity contribution in [3.63, 3.8) is 0 Å². The van der Waals surface area contributed by atoms with Crippen LogP contribution in [0.15, 0.2) is 4.99 Å². The Hall–Kier alpha value is -0.120. The van der Waals surface area contributed by atoms with Crippen molar-refractivity contribution >= 4 is 29.9 Å². The van der Waals surface area contributed by atoms with Gasteiger partial charge in [-0.2, -0.15) is 0 Å². The molecule has 0 aromatic heterocycles. The smallest absolute Gasteiger partial charge is 0.191 e. The number of piperidine rings is 1. The zero-order valence-electron chi connectivity index (χ0n) is 17.1. The summed E-state index contributed by atoms with van der Waals surface area (Å²) in [4.78, 5) is 6.95. The Morgan fingerprint density at radius 1 is 1.31 bits per heavy atom. The molecule has 2 atom stereocenters. The molecular weight excluding hydrogens is 443 g/mol. The van der Waals surface area contributed by atoms with Gasteiger partial charge in [-0.1, -0.05) is 6.92 Å². The van der Waals surface area contributed by atoms with E-state index in [0.29, 0.717) is 6.10 Å². The lowest BCUT2D eigenvalue weighted by atomic mass is 9.93. The normalized spacial score (nSPS) is 25.0. The topological polar surface area (TPSA) is 58.1 Å². The molecular formula is C19H39IN4O2. The number of rotatable bonds is 8. The zero-order valence-corrected chi connectivity index (χ0v) is 19.4. The summed E-state index contributed by atoms with van der Waals surface area (Å²) in [6.07, 6.45) is 4.97. The molecule has 0 aromatic carbocycles. The lowest BCUT2D eigenvalue weighted by molar-refractivity contribution is 0.0419. The van der Waals surface area contributed by atoms with Gasteiger partial charge in [-0.05, 0) is 52.0 Å². The molecule has 2 heterocycles. The number of guanidine groups is 1. The van der Waals surface area contributed by atoms with Crippen LogP contribution in [0.5, 0.6) is 0 Å². The number of nitrogens with zero attached hydrogens (tertiary/aromatic N) is 2. The first-order valence-electron chi connectivity index (χ1n) is 9.90. The molecule has 2 N–H and O–H groups in total. The summed E-state index contributed by atoms with van der Waals surface area (Å²) in [6, 6.07) is 0. The minimum absolute atomic E-state index is 0. The fraction of sp³-hybridized carbons (Fsp3) is 0.947. The number of ether oxygens (including phenoxy) is 2. The van der Waals surface area contributed by atoms with Gasteiger partial charge in [0.2, 0.25) is 0 Å². The summed E-state index contributed by atoms with van der Waals surface area (Å²) >= 11 is 0. The molecule has 26 heavy (non-hydrogen) atoms. The van der Waals surface area contributed by atoms with Gasteiger partial charge in [0.1, 0.15) is 0 Å². The van der Waals surface area contributed by atoms with E-state index in [4.69, 9.17) is 9.47 Å². The van der Waals surface area contributed by atoms with E-state index in [1.807, 2.05) is 7.05 Å². The first-order valence-corrected chi connectivity index (χ1v) is 9.90. The van der Waals surface area contributed by atoms with Gasteiger partial charge < -0.3 is 20.1 Å². The first-order chi connectivity index (χ1) is 12.0. The van der Waals surface area contributed by atoms with Crippen molar-refractivity contribution in [1.82, 2.24) is 15.5 Å². The van der Waals surface area contributed by atoms with Crippen molar-refractivity contribution in [2.75, 3.05) is 53.0 Å². The van der Waals surface area contributed by atoms with Crippen LogP contribution >= 0.6 is 24.0 Å². The highest BCUT2D eigenvalue weighted by Gasteiger charge is 2.30. The molecule has 2 fully saturated rings. The second-order valence-corrected chi connectivity index (χ2v) is 8.07. The highest BCUT2D eigenvalue weighted by Crippen LogP contribution is 2.23. The van der Waals surface area contributed by atoms with Crippen LogP contribution in [0.1, 0.15) is 46.5 Å².